The maximum Gasteiger partial charge on any atom is 0.307 e. The highest BCUT2D eigenvalue weighted by molar-refractivity contribution is 8.13. The first-order chi connectivity index (χ1) is 6.24. The van der Waals surface area contributed by atoms with Crippen molar-refractivity contribution in [1.29, 1.82) is 0 Å². The molecule has 74 valence electrons. The molecule has 0 radical (unpaired) electrons. The molecule has 1 saturated heterocycles. The van der Waals surface area contributed by atoms with E-state index in [0.717, 1.165) is 12.3 Å². The fourth-order valence-electron chi connectivity index (χ4n) is 1.09. The SMILES string of the molecule is CCOC(=O)CCN1CCSC1=O. The van der Waals surface area contributed by atoms with Crippen molar-refractivity contribution in [2.75, 3.05) is 25.4 Å². The van der Waals surface area contributed by atoms with Crippen molar-refractivity contribution < 1.29 is 14.3 Å². The van der Waals surface area contributed by atoms with Gasteiger partial charge in [-0.05, 0) is 6.92 Å². The van der Waals surface area contributed by atoms with Crippen molar-refractivity contribution >= 4 is 23.0 Å². The molecule has 0 aromatic carbocycles. The van der Waals surface area contributed by atoms with E-state index in [1.807, 2.05) is 0 Å². The summed E-state index contributed by atoms with van der Waals surface area (Å²) in [5.41, 5.74) is 0. The van der Waals surface area contributed by atoms with E-state index < -0.39 is 0 Å². The molecular formula is C8H13NO3S. The van der Waals surface area contributed by atoms with Gasteiger partial charge in [0, 0.05) is 18.8 Å². The Morgan fingerprint density at radius 3 is 3.00 bits per heavy atom. The first-order valence-electron chi connectivity index (χ1n) is 4.31. The molecule has 4 nitrogen and oxygen atoms in total. The topological polar surface area (TPSA) is 46.6 Å². The Morgan fingerprint density at radius 2 is 2.46 bits per heavy atom. The van der Waals surface area contributed by atoms with Gasteiger partial charge >= 0.3 is 5.97 Å². The Labute approximate surface area is 81.6 Å². The zero-order valence-corrected chi connectivity index (χ0v) is 8.43. The molecule has 1 rings (SSSR count). The molecule has 0 atom stereocenters. The number of carbonyl (C=O) groups excluding carboxylic acids is 2. The van der Waals surface area contributed by atoms with Crippen LogP contribution in [0.1, 0.15) is 13.3 Å². The lowest BCUT2D eigenvalue weighted by molar-refractivity contribution is -0.143. The minimum Gasteiger partial charge on any atom is -0.466 e. The smallest absolute Gasteiger partial charge is 0.307 e. The maximum absolute atomic E-state index is 11.1. The third-order valence-corrected chi connectivity index (χ3v) is 2.63. The highest BCUT2D eigenvalue weighted by Crippen LogP contribution is 2.16. The first kappa shape index (κ1) is 10.4. The number of esters is 1. The fraction of sp³-hybridized carbons (Fsp3) is 0.750. The Morgan fingerprint density at radius 1 is 1.69 bits per heavy atom. The van der Waals surface area contributed by atoms with Crippen LogP contribution < -0.4 is 0 Å². The second-order valence-electron chi connectivity index (χ2n) is 2.66. The molecule has 1 aliphatic rings. The van der Waals surface area contributed by atoms with Crippen LogP contribution in [0.25, 0.3) is 0 Å². The van der Waals surface area contributed by atoms with Gasteiger partial charge in [0.2, 0.25) is 0 Å². The van der Waals surface area contributed by atoms with Crippen molar-refractivity contribution in [3.05, 3.63) is 0 Å². The number of rotatable bonds is 4. The quantitative estimate of drug-likeness (QED) is 0.642. The van der Waals surface area contributed by atoms with Gasteiger partial charge in [-0.1, -0.05) is 11.8 Å². The lowest BCUT2D eigenvalue weighted by Crippen LogP contribution is -2.26. The molecule has 0 aliphatic carbocycles. The number of hydrogen-bond donors (Lipinski definition) is 0. The summed E-state index contributed by atoms with van der Waals surface area (Å²) in [6, 6.07) is 0. The fourth-order valence-corrected chi connectivity index (χ4v) is 1.94. The molecule has 0 aromatic rings. The van der Waals surface area contributed by atoms with Crippen LogP contribution in [0.4, 0.5) is 4.79 Å². The van der Waals surface area contributed by atoms with Crippen molar-refractivity contribution in [1.82, 2.24) is 4.90 Å². The molecule has 0 aromatic heterocycles. The minimum atomic E-state index is -0.229. The second-order valence-corrected chi connectivity index (χ2v) is 3.70. The van der Waals surface area contributed by atoms with Crippen molar-refractivity contribution in [3.8, 4) is 0 Å². The third-order valence-electron chi connectivity index (χ3n) is 1.74. The summed E-state index contributed by atoms with van der Waals surface area (Å²) < 4.78 is 4.75. The highest BCUT2D eigenvalue weighted by Gasteiger charge is 2.21. The first-order valence-corrected chi connectivity index (χ1v) is 5.30. The molecule has 13 heavy (non-hydrogen) atoms. The van der Waals surface area contributed by atoms with Crippen molar-refractivity contribution in [2.45, 2.75) is 13.3 Å². The third kappa shape index (κ3) is 3.26. The molecule has 0 bridgehead atoms. The van der Waals surface area contributed by atoms with Gasteiger partial charge in [-0.3, -0.25) is 9.59 Å². The van der Waals surface area contributed by atoms with Crippen molar-refractivity contribution in [2.24, 2.45) is 0 Å². The predicted octanol–water partition coefficient (Wildman–Crippen LogP) is 1.11. The van der Waals surface area contributed by atoms with Gasteiger partial charge in [0.15, 0.2) is 0 Å². The van der Waals surface area contributed by atoms with E-state index in [1.165, 1.54) is 11.8 Å². The zero-order chi connectivity index (χ0) is 9.68. The molecule has 1 fully saturated rings. The van der Waals surface area contributed by atoms with Gasteiger partial charge in [0.05, 0.1) is 13.0 Å². The van der Waals surface area contributed by atoms with Gasteiger partial charge in [-0.25, -0.2) is 0 Å². The molecule has 1 aliphatic heterocycles. The van der Waals surface area contributed by atoms with E-state index in [9.17, 15) is 9.59 Å². The Kier molecular flexibility index (Phi) is 4.08. The zero-order valence-electron chi connectivity index (χ0n) is 7.62. The van der Waals surface area contributed by atoms with Gasteiger partial charge in [-0.2, -0.15) is 0 Å². The van der Waals surface area contributed by atoms with Crippen molar-refractivity contribution in [3.63, 3.8) is 0 Å². The molecule has 5 heteroatoms. The minimum absolute atomic E-state index is 0.0734. The molecule has 0 saturated carbocycles. The highest BCUT2D eigenvalue weighted by atomic mass is 32.2. The van der Waals surface area contributed by atoms with Crippen LogP contribution in [0.5, 0.6) is 0 Å². The van der Waals surface area contributed by atoms with E-state index in [1.54, 1.807) is 11.8 Å². The van der Waals surface area contributed by atoms with Crippen LogP contribution in [0.15, 0.2) is 0 Å². The summed E-state index contributed by atoms with van der Waals surface area (Å²) >= 11 is 1.31. The van der Waals surface area contributed by atoms with Crippen LogP contribution in [0, 0.1) is 0 Å². The van der Waals surface area contributed by atoms with Crippen LogP contribution in [0.3, 0.4) is 0 Å². The normalized spacial score (nSPS) is 16.4. The second kappa shape index (κ2) is 5.11. The summed E-state index contributed by atoms with van der Waals surface area (Å²) in [6.45, 7) is 3.42. The summed E-state index contributed by atoms with van der Waals surface area (Å²) in [5, 5.41) is 0.0734. The average molecular weight is 203 g/mol. The number of thioether (sulfide) groups is 1. The van der Waals surface area contributed by atoms with Gasteiger partial charge in [-0.15, -0.1) is 0 Å². The Balaban J connectivity index is 2.18. The predicted molar refractivity (Wildman–Crippen MR) is 50.7 cm³/mol. The number of hydrogen-bond acceptors (Lipinski definition) is 4. The maximum atomic E-state index is 11.1. The Bertz CT molecular complexity index is 208. The van der Waals surface area contributed by atoms with E-state index in [2.05, 4.69) is 0 Å². The van der Waals surface area contributed by atoms with Crippen LogP contribution in [-0.4, -0.2) is 41.6 Å². The summed E-state index contributed by atoms with van der Waals surface area (Å²) in [4.78, 5) is 23.7. The number of nitrogens with zero attached hydrogens (tertiary/aromatic N) is 1. The number of amides is 1. The van der Waals surface area contributed by atoms with E-state index in [-0.39, 0.29) is 11.2 Å². The molecule has 0 spiro atoms. The lowest BCUT2D eigenvalue weighted by atomic mass is 10.4. The van der Waals surface area contributed by atoms with Crippen LogP contribution in [0.2, 0.25) is 0 Å². The summed E-state index contributed by atoms with van der Waals surface area (Å²) in [5.74, 6) is 0.606. The van der Waals surface area contributed by atoms with Crippen LogP contribution >= 0.6 is 11.8 Å². The standard InChI is InChI=1S/C8H13NO3S/c1-2-12-7(10)3-4-9-5-6-13-8(9)11/h2-6H2,1H3. The lowest BCUT2D eigenvalue weighted by Gasteiger charge is -2.12. The average Bonchev–Trinajstić information content (AvgIpc) is 2.48. The number of carbonyl (C=O) groups is 2. The molecule has 0 unspecified atom stereocenters. The molecule has 1 amide bonds. The van der Waals surface area contributed by atoms with Gasteiger partial charge in [0.1, 0.15) is 0 Å². The van der Waals surface area contributed by atoms with Gasteiger partial charge < -0.3 is 9.64 Å². The molecule has 0 N–H and O–H groups in total. The van der Waals surface area contributed by atoms with E-state index >= 15 is 0 Å². The number of ether oxygens (including phenoxy) is 1. The van der Waals surface area contributed by atoms with E-state index in [0.29, 0.717) is 19.6 Å². The monoisotopic (exact) mass is 203 g/mol. The Hall–Kier alpha value is -0.710. The molecule has 1 heterocycles. The van der Waals surface area contributed by atoms with E-state index in [4.69, 9.17) is 4.74 Å². The largest absolute Gasteiger partial charge is 0.466 e. The summed E-state index contributed by atoms with van der Waals surface area (Å²) in [6.07, 6.45) is 0.306. The van der Waals surface area contributed by atoms with Crippen LogP contribution in [-0.2, 0) is 9.53 Å². The summed E-state index contributed by atoms with van der Waals surface area (Å²) in [7, 11) is 0. The molecular weight excluding hydrogens is 190 g/mol. The van der Waals surface area contributed by atoms with Gasteiger partial charge in [0.25, 0.3) is 5.24 Å².